The first-order valence-electron chi connectivity index (χ1n) is 9.08. The molecule has 0 fully saturated rings. The van der Waals surface area contributed by atoms with Gasteiger partial charge >= 0.3 is 5.97 Å². The molecule has 6 nitrogen and oxygen atoms in total. The molecule has 3 aromatic rings. The minimum atomic E-state index is -0.884. The Morgan fingerprint density at radius 1 is 0.964 bits per heavy atom. The lowest BCUT2D eigenvalue weighted by Gasteiger charge is -2.13. The number of nitrogens with zero attached hydrogens (tertiary/aromatic N) is 3. The minimum absolute atomic E-state index is 0.233. The maximum Gasteiger partial charge on any atom is 0.340 e. The molecule has 2 aromatic heterocycles. The van der Waals surface area contributed by atoms with Crippen molar-refractivity contribution in [1.82, 2.24) is 14.8 Å². The van der Waals surface area contributed by atoms with Crippen LogP contribution in [0.15, 0.2) is 42.6 Å². The van der Waals surface area contributed by atoms with Gasteiger partial charge in [-0.05, 0) is 70.0 Å². The topological polar surface area (TPSA) is 74.1 Å². The summed E-state index contributed by atoms with van der Waals surface area (Å²) in [4.78, 5) is 29.2. The predicted octanol–water partition coefficient (Wildman–Crippen LogP) is 3.93. The molecule has 0 radical (unpaired) electrons. The first kappa shape index (κ1) is 19.5. The van der Waals surface area contributed by atoms with Gasteiger partial charge in [-0.2, -0.15) is 5.10 Å². The summed E-state index contributed by atoms with van der Waals surface area (Å²) in [5, 5.41) is 4.37. The molecule has 0 saturated carbocycles. The number of esters is 1. The zero-order valence-electron chi connectivity index (χ0n) is 16.7. The molecule has 0 saturated heterocycles. The standard InChI is InChI=1S/C22H23N3O3/c1-13-6-7-18(10-14(13)2)21(26)17(5)28-22(27)19-8-9-20(23-12-19)25-16(4)11-15(3)24-25/h6-12,17H,1-5H3. The van der Waals surface area contributed by atoms with Gasteiger partial charge in [-0.25, -0.2) is 14.5 Å². The molecule has 28 heavy (non-hydrogen) atoms. The maximum absolute atomic E-state index is 12.5. The fourth-order valence-corrected chi connectivity index (χ4v) is 2.90. The van der Waals surface area contributed by atoms with Gasteiger partial charge in [0.2, 0.25) is 5.78 Å². The molecular weight excluding hydrogens is 354 g/mol. The van der Waals surface area contributed by atoms with Crippen molar-refractivity contribution in [2.24, 2.45) is 0 Å². The van der Waals surface area contributed by atoms with Gasteiger partial charge in [0.15, 0.2) is 11.9 Å². The molecule has 6 heteroatoms. The number of aromatic nitrogens is 3. The summed E-state index contributed by atoms with van der Waals surface area (Å²) in [5.41, 5.74) is 4.78. The number of pyridine rings is 1. The molecule has 1 aromatic carbocycles. The molecule has 0 spiro atoms. The molecule has 0 aliphatic heterocycles. The number of Topliss-reactive ketones (excluding diaryl/α,β-unsaturated/α-hetero) is 1. The van der Waals surface area contributed by atoms with Crippen molar-refractivity contribution >= 4 is 11.8 Å². The van der Waals surface area contributed by atoms with Crippen molar-refractivity contribution in [3.05, 3.63) is 76.2 Å². The van der Waals surface area contributed by atoms with E-state index in [4.69, 9.17) is 4.74 Å². The molecule has 1 unspecified atom stereocenters. The van der Waals surface area contributed by atoms with E-state index in [0.29, 0.717) is 11.4 Å². The quantitative estimate of drug-likeness (QED) is 0.497. The Morgan fingerprint density at radius 2 is 1.68 bits per heavy atom. The predicted molar refractivity (Wildman–Crippen MR) is 106 cm³/mol. The summed E-state index contributed by atoms with van der Waals surface area (Å²) in [6.07, 6.45) is 0.548. The fourth-order valence-electron chi connectivity index (χ4n) is 2.90. The van der Waals surface area contributed by atoms with E-state index in [1.165, 1.54) is 6.20 Å². The lowest BCUT2D eigenvalue weighted by molar-refractivity contribution is 0.0318. The molecule has 2 heterocycles. The third-order valence-electron chi connectivity index (χ3n) is 4.65. The lowest BCUT2D eigenvalue weighted by atomic mass is 10.0. The van der Waals surface area contributed by atoms with Gasteiger partial charge in [0.1, 0.15) is 0 Å². The van der Waals surface area contributed by atoms with E-state index in [9.17, 15) is 9.59 Å². The Kier molecular flexibility index (Phi) is 5.40. The Morgan fingerprint density at radius 3 is 2.25 bits per heavy atom. The van der Waals surface area contributed by atoms with Crippen LogP contribution in [0.1, 0.15) is 50.2 Å². The van der Waals surface area contributed by atoms with E-state index >= 15 is 0 Å². The number of ether oxygens (including phenoxy) is 1. The maximum atomic E-state index is 12.5. The number of hydrogen-bond acceptors (Lipinski definition) is 5. The molecule has 1 atom stereocenters. The van der Waals surface area contributed by atoms with Gasteiger partial charge in [0.25, 0.3) is 0 Å². The van der Waals surface area contributed by atoms with Crippen molar-refractivity contribution in [3.8, 4) is 5.82 Å². The van der Waals surface area contributed by atoms with Crippen molar-refractivity contribution < 1.29 is 14.3 Å². The first-order chi connectivity index (χ1) is 13.3. The van der Waals surface area contributed by atoms with Gasteiger partial charge in [0.05, 0.1) is 11.3 Å². The number of benzene rings is 1. The average Bonchev–Trinajstić information content (AvgIpc) is 3.01. The second-order valence-corrected chi connectivity index (χ2v) is 6.95. The highest BCUT2D eigenvalue weighted by molar-refractivity contribution is 6.01. The zero-order chi connectivity index (χ0) is 20.4. The highest BCUT2D eigenvalue weighted by atomic mass is 16.5. The normalized spacial score (nSPS) is 11.9. The van der Waals surface area contributed by atoms with E-state index in [2.05, 4.69) is 10.1 Å². The number of carbonyl (C=O) groups is 2. The third-order valence-corrected chi connectivity index (χ3v) is 4.65. The molecule has 0 N–H and O–H groups in total. The summed E-state index contributed by atoms with van der Waals surface area (Å²) < 4.78 is 7.05. The number of carbonyl (C=O) groups excluding carboxylic acids is 2. The van der Waals surface area contributed by atoms with E-state index < -0.39 is 12.1 Å². The molecular formula is C22H23N3O3. The number of hydrogen-bond donors (Lipinski definition) is 0. The van der Waals surface area contributed by atoms with Gasteiger partial charge in [0, 0.05) is 17.5 Å². The Bertz CT molecular complexity index is 1040. The van der Waals surface area contributed by atoms with Crippen molar-refractivity contribution in [1.29, 1.82) is 0 Å². The van der Waals surface area contributed by atoms with Crippen LogP contribution >= 0.6 is 0 Å². The van der Waals surface area contributed by atoms with Crippen LogP contribution in [0.5, 0.6) is 0 Å². The number of aryl methyl sites for hydroxylation is 4. The van der Waals surface area contributed by atoms with Gasteiger partial charge < -0.3 is 4.74 Å². The highest BCUT2D eigenvalue weighted by Crippen LogP contribution is 2.15. The summed E-state index contributed by atoms with van der Waals surface area (Å²) in [5.74, 6) is -0.206. The summed E-state index contributed by atoms with van der Waals surface area (Å²) in [6, 6.07) is 10.7. The summed E-state index contributed by atoms with van der Waals surface area (Å²) in [6.45, 7) is 9.34. The van der Waals surface area contributed by atoms with Crippen molar-refractivity contribution in [2.45, 2.75) is 40.7 Å². The smallest absolute Gasteiger partial charge is 0.340 e. The van der Waals surface area contributed by atoms with Crippen LogP contribution in [-0.4, -0.2) is 32.6 Å². The van der Waals surface area contributed by atoms with E-state index in [1.807, 2.05) is 45.9 Å². The van der Waals surface area contributed by atoms with Crippen LogP contribution < -0.4 is 0 Å². The number of rotatable bonds is 5. The SMILES string of the molecule is Cc1cc(C)n(-c2ccc(C(=O)OC(C)C(=O)c3ccc(C)c(C)c3)cn2)n1. The second kappa shape index (κ2) is 7.76. The van der Waals surface area contributed by atoms with Crippen molar-refractivity contribution in [3.63, 3.8) is 0 Å². The van der Waals surface area contributed by atoms with Crippen LogP contribution in [0.25, 0.3) is 5.82 Å². The lowest BCUT2D eigenvalue weighted by Crippen LogP contribution is -2.24. The summed E-state index contributed by atoms with van der Waals surface area (Å²) in [7, 11) is 0. The number of ketones is 1. The minimum Gasteiger partial charge on any atom is -0.451 e. The van der Waals surface area contributed by atoms with Gasteiger partial charge in [-0.15, -0.1) is 0 Å². The Hall–Kier alpha value is -3.28. The van der Waals surface area contributed by atoms with Gasteiger partial charge in [-0.3, -0.25) is 4.79 Å². The average molecular weight is 377 g/mol. The summed E-state index contributed by atoms with van der Waals surface area (Å²) >= 11 is 0. The molecule has 0 amide bonds. The van der Waals surface area contributed by atoms with E-state index in [0.717, 1.165) is 22.5 Å². The highest BCUT2D eigenvalue weighted by Gasteiger charge is 2.21. The molecule has 144 valence electrons. The van der Waals surface area contributed by atoms with Crippen LogP contribution in [0, 0.1) is 27.7 Å². The van der Waals surface area contributed by atoms with E-state index in [1.54, 1.807) is 29.8 Å². The monoisotopic (exact) mass is 377 g/mol. The van der Waals surface area contributed by atoms with Crippen LogP contribution in [0.4, 0.5) is 0 Å². The Balaban J connectivity index is 1.70. The van der Waals surface area contributed by atoms with Crippen LogP contribution in [-0.2, 0) is 4.74 Å². The van der Waals surface area contributed by atoms with Crippen molar-refractivity contribution in [2.75, 3.05) is 0 Å². The fraction of sp³-hybridized carbons (Fsp3) is 0.273. The third kappa shape index (κ3) is 4.01. The largest absolute Gasteiger partial charge is 0.451 e. The second-order valence-electron chi connectivity index (χ2n) is 6.95. The molecule has 0 aliphatic rings. The van der Waals surface area contributed by atoms with Crippen LogP contribution in [0.2, 0.25) is 0 Å². The molecule has 3 rings (SSSR count). The van der Waals surface area contributed by atoms with Crippen LogP contribution in [0.3, 0.4) is 0 Å². The Labute approximate surface area is 164 Å². The molecule has 0 aliphatic carbocycles. The zero-order valence-corrected chi connectivity index (χ0v) is 16.7. The van der Waals surface area contributed by atoms with E-state index in [-0.39, 0.29) is 11.3 Å². The van der Waals surface area contributed by atoms with Gasteiger partial charge in [-0.1, -0.05) is 12.1 Å². The molecule has 0 bridgehead atoms. The first-order valence-corrected chi connectivity index (χ1v) is 9.08.